The van der Waals surface area contributed by atoms with E-state index in [1.807, 2.05) is 62.4 Å². The van der Waals surface area contributed by atoms with Gasteiger partial charge in [0.25, 0.3) is 0 Å². The van der Waals surface area contributed by atoms with Gasteiger partial charge in [0, 0.05) is 26.6 Å². The third-order valence-corrected chi connectivity index (χ3v) is 9.11. The average molecular weight is 565 g/mol. The Balaban J connectivity index is 1.53. The molecule has 1 aliphatic heterocycles. The van der Waals surface area contributed by atoms with E-state index in [9.17, 15) is 23.1 Å². The van der Waals surface area contributed by atoms with Crippen LogP contribution in [0.2, 0.25) is 0 Å². The number of sulfonamides is 1. The zero-order valence-corrected chi connectivity index (χ0v) is 23.9. The Labute approximate surface area is 236 Å². The SMILES string of the molecule is Cc1ccc(C(CCC(=O)N(C)Cc2ccccc2)CC(=O)O)cc1CN1CC(C)Oc2ccccc2S1(=O)=O. The number of hydrogen-bond acceptors (Lipinski definition) is 5. The minimum absolute atomic E-state index is 0.0603. The number of ether oxygens (including phenoxy) is 1. The van der Waals surface area contributed by atoms with E-state index in [0.717, 1.165) is 22.3 Å². The molecule has 8 nitrogen and oxygen atoms in total. The highest BCUT2D eigenvalue weighted by Gasteiger charge is 2.33. The molecule has 1 aliphatic rings. The zero-order chi connectivity index (χ0) is 28.9. The van der Waals surface area contributed by atoms with Crippen molar-refractivity contribution in [2.75, 3.05) is 13.6 Å². The van der Waals surface area contributed by atoms with E-state index >= 15 is 0 Å². The Kier molecular flexibility index (Phi) is 9.27. The molecule has 0 fully saturated rings. The van der Waals surface area contributed by atoms with Crippen molar-refractivity contribution in [1.82, 2.24) is 9.21 Å². The summed E-state index contributed by atoms with van der Waals surface area (Å²) in [6.07, 6.45) is 0.0998. The van der Waals surface area contributed by atoms with Crippen LogP contribution in [0.15, 0.2) is 77.7 Å². The fourth-order valence-electron chi connectivity index (χ4n) is 5.03. The van der Waals surface area contributed by atoms with Crippen LogP contribution in [0.1, 0.15) is 54.4 Å². The van der Waals surface area contributed by atoms with Crippen LogP contribution in [0.3, 0.4) is 0 Å². The molecule has 2 unspecified atom stereocenters. The van der Waals surface area contributed by atoms with Crippen LogP contribution in [0, 0.1) is 6.92 Å². The number of amides is 1. The molecule has 2 atom stereocenters. The van der Waals surface area contributed by atoms with Gasteiger partial charge in [-0.25, -0.2) is 8.42 Å². The Morgan fingerprint density at radius 2 is 1.77 bits per heavy atom. The van der Waals surface area contributed by atoms with E-state index in [1.54, 1.807) is 36.2 Å². The summed E-state index contributed by atoms with van der Waals surface area (Å²) in [7, 11) is -2.07. The van der Waals surface area contributed by atoms with Gasteiger partial charge < -0.3 is 14.7 Å². The number of carbonyl (C=O) groups excluding carboxylic acids is 1. The predicted octanol–water partition coefficient (Wildman–Crippen LogP) is 4.96. The summed E-state index contributed by atoms with van der Waals surface area (Å²) in [6, 6.07) is 22.0. The lowest BCUT2D eigenvalue weighted by atomic mass is 9.89. The summed E-state index contributed by atoms with van der Waals surface area (Å²) < 4.78 is 34.4. The molecule has 0 saturated carbocycles. The maximum atomic E-state index is 13.5. The van der Waals surface area contributed by atoms with Crippen LogP contribution in [-0.4, -0.2) is 54.3 Å². The molecule has 0 aromatic heterocycles. The highest BCUT2D eigenvalue weighted by Crippen LogP contribution is 2.33. The molecule has 212 valence electrons. The Bertz CT molecular complexity index is 1460. The molecule has 1 N–H and O–H groups in total. The number of para-hydroxylation sites is 1. The first-order chi connectivity index (χ1) is 19.0. The summed E-state index contributed by atoms with van der Waals surface area (Å²) in [4.78, 5) is 26.4. The van der Waals surface area contributed by atoms with Crippen LogP contribution >= 0.6 is 0 Å². The number of carbonyl (C=O) groups is 2. The minimum atomic E-state index is -3.81. The standard InChI is InChI=1S/C31H36N2O6S/c1-22-13-14-25(26(18-31(35)36)15-16-30(34)32(3)20-24-9-5-4-6-10-24)17-27(22)21-33-19-23(2)39-28-11-7-8-12-29(28)40(33,37)38/h4-14,17,23,26H,15-16,18-21H2,1-3H3,(H,35,36). The number of benzene rings is 3. The number of hydrogen-bond donors (Lipinski definition) is 1. The van der Waals surface area contributed by atoms with Crippen LogP contribution in [0.25, 0.3) is 0 Å². The lowest BCUT2D eigenvalue weighted by Crippen LogP contribution is -2.35. The quantitative estimate of drug-likeness (QED) is 0.373. The van der Waals surface area contributed by atoms with Crippen LogP contribution in [0.4, 0.5) is 0 Å². The largest absolute Gasteiger partial charge is 0.488 e. The fraction of sp³-hybridized carbons (Fsp3) is 0.355. The molecule has 0 radical (unpaired) electrons. The lowest BCUT2D eigenvalue weighted by molar-refractivity contribution is -0.138. The summed E-state index contributed by atoms with van der Waals surface area (Å²) in [6.45, 7) is 4.53. The molecule has 4 rings (SSSR count). The first kappa shape index (κ1) is 29.3. The third-order valence-electron chi connectivity index (χ3n) is 7.26. The summed E-state index contributed by atoms with van der Waals surface area (Å²) in [5.41, 5.74) is 3.49. The third kappa shape index (κ3) is 7.08. The molecular formula is C31H36N2O6S. The number of rotatable bonds is 10. The van der Waals surface area contributed by atoms with Crippen molar-refractivity contribution in [3.63, 3.8) is 0 Å². The number of aryl methyl sites for hydroxylation is 1. The van der Waals surface area contributed by atoms with Crippen molar-refractivity contribution in [3.8, 4) is 5.75 Å². The van der Waals surface area contributed by atoms with Gasteiger partial charge in [0.2, 0.25) is 15.9 Å². The summed E-state index contributed by atoms with van der Waals surface area (Å²) in [5.74, 6) is -1.06. The smallest absolute Gasteiger partial charge is 0.303 e. The average Bonchev–Trinajstić information content (AvgIpc) is 3.01. The van der Waals surface area contributed by atoms with Gasteiger partial charge in [0.1, 0.15) is 16.7 Å². The van der Waals surface area contributed by atoms with Crippen molar-refractivity contribution in [1.29, 1.82) is 0 Å². The summed E-state index contributed by atoms with van der Waals surface area (Å²) >= 11 is 0. The van der Waals surface area contributed by atoms with Crippen molar-refractivity contribution < 1.29 is 27.9 Å². The second-order valence-electron chi connectivity index (χ2n) is 10.4. The van der Waals surface area contributed by atoms with E-state index < -0.39 is 21.9 Å². The molecule has 3 aromatic rings. The van der Waals surface area contributed by atoms with Gasteiger partial charge in [-0.05, 0) is 60.6 Å². The molecule has 3 aromatic carbocycles. The second kappa shape index (κ2) is 12.7. The Hall–Kier alpha value is -3.69. The van der Waals surface area contributed by atoms with Crippen molar-refractivity contribution in [2.24, 2.45) is 0 Å². The molecular weight excluding hydrogens is 528 g/mol. The lowest BCUT2D eigenvalue weighted by Gasteiger charge is -2.24. The van der Waals surface area contributed by atoms with Crippen molar-refractivity contribution >= 4 is 21.9 Å². The van der Waals surface area contributed by atoms with Gasteiger partial charge in [0.15, 0.2) is 0 Å². The molecule has 40 heavy (non-hydrogen) atoms. The van der Waals surface area contributed by atoms with E-state index in [-0.39, 0.29) is 42.8 Å². The minimum Gasteiger partial charge on any atom is -0.488 e. The number of carboxylic acid groups (broad SMARTS) is 1. The van der Waals surface area contributed by atoms with Gasteiger partial charge in [-0.1, -0.05) is 60.7 Å². The highest BCUT2D eigenvalue weighted by molar-refractivity contribution is 7.89. The van der Waals surface area contributed by atoms with Crippen molar-refractivity contribution in [3.05, 3.63) is 95.1 Å². The predicted molar refractivity (Wildman–Crippen MR) is 152 cm³/mol. The molecule has 1 heterocycles. The second-order valence-corrected chi connectivity index (χ2v) is 12.3. The molecule has 0 bridgehead atoms. The first-order valence-corrected chi connectivity index (χ1v) is 14.8. The first-order valence-electron chi connectivity index (χ1n) is 13.4. The normalized spacial score (nSPS) is 17.2. The molecule has 0 aliphatic carbocycles. The number of nitrogens with zero attached hydrogens (tertiary/aromatic N) is 2. The van der Waals surface area contributed by atoms with Crippen molar-refractivity contribution in [2.45, 2.75) is 63.1 Å². The maximum absolute atomic E-state index is 13.5. The maximum Gasteiger partial charge on any atom is 0.303 e. The Morgan fingerprint density at radius 3 is 2.50 bits per heavy atom. The highest BCUT2D eigenvalue weighted by atomic mass is 32.2. The summed E-state index contributed by atoms with van der Waals surface area (Å²) in [5, 5.41) is 9.62. The molecule has 9 heteroatoms. The van der Waals surface area contributed by atoms with Gasteiger partial charge in [-0.15, -0.1) is 0 Å². The number of carboxylic acids is 1. The van der Waals surface area contributed by atoms with Crippen LogP contribution in [-0.2, 0) is 32.7 Å². The van der Waals surface area contributed by atoms with Gasteiger partial charge in [0.05, 0.1) is 13.0 Å². The van der Waals surface area contributed by atoms with Gasteiger partial charge >= 0.3 is 5.97 Å². The topological polar surface area (TPSA) is 104 Å². The molecule has 1 amide bonds. The van der Waals surface area contributed by atoms with E-state index in [2.05, 4.69) is 0 Å². The van der Waals surface area contributed by atoms with E-state index in [4.69, 9.17) is 4.74 Å². The van der Waals surface area contributed by atoms with Crippen LogP contribution < -0.4 is 4.74 Å². The monoisotopic (exact) mass is 564 g/mol. The van der Waals surface area contributed by atoms with Gasteiger partial charge in [-0.3, -0.25) is 9.59 Å². The van der Waals surface area contributed by atoms with E-state index in [1.165, 1.54) is 4.31 Å². The Morgan fingerprint density at radius 1 is 1.07 bits per heavy atom. The molecule has 0 saturated heterocycles. The van der Waals surface area contributed by atoms with Gasteiger partial charge in [-0.2, -0.15) is 4.31 Å². The zero-order valence-electron chi connectivity index (χ0n) is 23.1. The number of fused-ring (bicyclic) bond motifs is 1. The molecule has 0 spiro atoms. The number of aliphatic carboxylic acids is 1. The van der Waals surface area contributed by atoms with Crippen LogP contribution in [0.5, 0.6) is 5.75 Å². The fourth-order valence-corrected chi connectivity index (χ4v) is 6.64. The van der Waals surface area contributed by atoms with E-state index in [0.29, 0.717) is 18.7 Å².